The minimum absolute atomic E-state index is 0. The van der Waals surface area contributed by atoms with Gasteiger partial charge in [-0.3, -0.25) is 9.59 Å². The van der Waals surface area contributed by atoms with E-state index in [1.54, 1.807) is 18.9 Å². The standard InChI is InChI=1S/C16H25N3O2.ClH/c1-5-19(6-2)14(20)12-18(4)15(21)16(3,17)13-10-8-7-9-11-13;/h7-11H,5-6,12,17H2,1-4H3;1H. The molecular formula is C16H26ClN3O2. The van der Waals surface area contributed by atoms with Gasteiger partial charge in [0.1, 0.15) is 5.54 Å². The second kappa shape index (κ2) is 8.76. The van der Waals surface area contributed by atoms with E-state index in [2.05, 4.69) is 0 Å². The summed E-state index contributed by atoms with van der Waals surface area (Å²) >= 11 is 0. The summed E-state index contributed by atoms with van der Waals surface area (Å²) in [7, 11) is 1.61. The molecule has 0 aliphatic heterocycles. The van der Waals surface area contributed by atoms with Crippen LogP contribution in [-0.4, -0.2) is 48.3 Å². The molecule has 1 rings (SSSR count). The molecule has 0 saturated heterocycles. The lowest BCUT2D eigenvalue weighted by molar-refractivity contribution is -0.142. The molecule has 2 amide bonds. The lowest BCUT2D eigenvalue weighted by Gasteiger charge is -2.30. The quantitative estimate of drug-likeness (QED) is 0.863. The molecule has 0 fully saturated rings. The van der Waals surface area contributed by atoms with Crippen molar-refractivity contribution < 1.29 is 9.59 Å². The number of carbonyl (C=O) groups excluding carboxylic acids is 2. The first-order valence-electron chi connectivity index (χ1n) is 7.22. The second-order valence-corrected chi connectivity index (χ2v) is 5.30. The zero-order valence-corrected chi connectivity index (χ0v) is 14.5. The second-order valence-electron chi connectivity index (χ2n) is 5.30. The molecule has 0 saturated carbocycles. The van der Waals surface area contributed by atoms with Crippen LogP contribution in [0.2, 0.25) is 0 Å². The van der Waals surface area contributed by atoms with Gasteiger partial charge in [0.2, 0.25) is 11.8 Å². The highest BCUT2D eigenvalue weighted by atomic mass is 35.5. The molecule has 1 aromatic carbocycles. The Kier molecular flexibility index (Phi) is 8.12. The van der Waals surface area contributed by atoms with Gasteiger partial charge in [0, 0.05) is 20.1 Å². The van der Waals surface area contributed by atoms with Crippen LogP contribution in [0.3, 0.4) is 0 Å². The SMILES string of the molecule is CCN(CC)C(=O)CN(C)C(=O)C(C)(N)c1ccccc1.Cl. The molecule has 0 aliphatic rings. The van der Waals surface area contributed by atoms with Gasteiger partial charge in [0.25, 0.3) is 0 Å². The maximum absolute atomic E-state index is 12.5. The lowest BCUT2D eigenvalue weighted by atomic mass is 9.92. The smallest absolute Gasteiger partial charge is 0.247 e. The Morgan fingerprint density at radius 1 is 1.14 bits per heavy atom. The number of amides is 2. The molecule has 0 aliphatic carbocycles. The third-order valence-electron chi connectivity index (χ3n) is 3.65. The number of carbonyl (C=O) groups is 2. The van der Waals surface area contributed by atoms with Crippen molar-refractivity contribution in [2.75, 3.05) is 26.7 Å². The molecule has 0 radical (unpaired) electrons. The summed E-state index contributed by atoms with van der Waals surface area (Å²) < 4.78 is 0. The largest absolute Gasteiger partial charge is 0.342 e. The van der Waals surface area contributed by atoms with E-state index in [1.807, 2.05) is 44.2 Å². The van der Waals surface area contributed by atoms with Gasteiger partial charge in [-0.1, -0.05) is 30.3 Å². The van der Waals surface area contributed by atoms with Crippen molar-refractivity contribution in [1.82, 2.24) is 9.80 Å². The number of nitrogens with two attached hydrogens (primary N) is 1. The third-order valence-corrected chi connectivity index (χ3v) is 3.65. The molecule has 5 nitrogen and oxygen atoms in total. The van der Waals surface area contributed by atoms with E-state index in [9.17, 15) is 9.59 Å². The lowest BCUT2D eigenvalue weighted by Crippen LogP contribution is -2.52. The number of likely N-dealkylation sites (N-methyl/N-ethyl adjacent to an activating group) is 2. The van der Waals surface area contributed by atoms with E-state index in [0.717, 1.165) is 5.56 Å². The van der Waals surface area contributed by atoms with Crippen LogP contribution in [0.15, 0.2) is 30.3 Å². The van der Waals surface area contributed by atoms with Crippen molar-refractivity contribution in [2.45, 2.75) is 26.3 Å². The van der Waals surface area contributed by atoms with Crippen LogP contribution in [0.25, 0.3) is 0 Å². The fourth-order valence-electron chi connectivity index (χ4n) is 2.26. The molecule has 1 aromatic rings. The molecule has 22 heavy (non-hydrogen) atoms. The van der Waals surface area contributed by atoms with Crippen molar-refractivity contribution in [1.29, 1.82) is 0 Å². The van der Waals surface area contributed by atoms with Gasteiger partial charge in [-0.15, -0.1) is 12.4 Å². The van der Waals surface area contributed by atoms with E-state index < -0.39 is 5.54 Å². The van der Waals surface area contributed by atoms with E-state index in [4.69, 9.17) is 5.73 Å². The fraction of sp³-hybridized carbons (Fsp3) is 0.500. The van der Waals surface area contributed by atoms with E-state index in [0.29, 0.717) is 13.1 Å². The van der Waals surface area contributed by atoms with Gasteiger partial charge in [-0.2, -0.15) is 0 Å². The summed E-state index contributed by atoms with van der Waals surface area (Å²) in [6.07, 6.45) is 0. The molecule has 2 N–H and O–H groups in total. The average Bonchev–Trinajstić information content (AvgIpc) is 2.48. The van der Waals surface area contributed by atoms with Crippen LogP contribution in [0.4, 0.5) is 0 Å². The number of benzene rings is 1. The molecule has 0 aromatic heterocycles. The predicted molar refractivity (Wildman–Crippen MR) is 90.8 cm³/mol. The number of rotatable bonds is 6. The summed E-state index contributed by atoms with van der Waals surface area (Å²) in [5.74, 6) is -0.339. The van der Waals surface area contributed by atoms with Gasteiger partial charge >= 0.3 is 0 Å². The van der Waals surface area contributed by atoms with Gasteiger partial charge in [-0.25, -0.2) is 0 Å². The molecule has 0 heterocycles. The zero-order valence-electron chi connectivity index (χ0n) is 13.7. The highest BCUT2D eigenvalue weighted by molar-refractivity contribution is 5.90. The monoisotopic (exact) mass is 327 g/mol. The first-order valence-corrected chi connectivity index (χ1v) is 7.22. The van der Waals surface area contributed by atoms with Gasteiger partial charge in [-0.05, 0) is 26.3 Å². The summed E-state index contributed by atoms with van der Waals surface area (Å²) in [5, 5.41) is 0. The highest BCUT2D eigenvalue weighted by Crippen LogP contribution is 2.19. The Balaban J connectivity index is 0.00000441. The van der Waals surface area contributed by atoms with Crippen LogP contribution in [0, 0.1) is 0 Å². The molecule has 1 atom stereocenters. The van der Waals surface area contributed by atoms with Gasteiger partial charge in [0.15, 0.2) is 0 Å². The van der Waals surface area contributed by atoms with Crippen molar-refractivity contribution in [3.63, 3.8) is 0 Å². The van der Waals surface area contributed by atoms with Crippen molar-refractivity contribution in [2.24, 2.45) is 5.73 Å². The van der Waals surface area contributed by atoms with Crippen LogP contribution in [-0.2, 0) is 15.1 Å². The summed E-state index contributed by atoms with van der Waals surface area (Å²) in [6, 6.07) is 9.19. The molecule has 0 spiro atoms. The van der Waals surface area contributed by atoms with Crippen LogP contribution in [0.1, 0.15) is 26.3 Å². The first kappa shape index (κ1) is 20.4. The van der Waals surface area contributed by atoms with Crippen molar-refractivity contribution in [3.8, 4) is 0 Å². The molecule has 0 bridgehead atoms. The van der Waals surface area contributed by atoms with E-state index >= 15 is 0 Å². The topological polar surface area (TPSA) is 66.6 Å². The number of hydrogen-bond donors (Lipinski definition) is 1. The van der Waals surface area contributed by atoms with Gasteiger partial charge < -0.3 is 15.5 Å². The Hall–Kier alpha value is -1.59. The number of nitrogens with zero attached hydrogens (tertiary/aromatic N) is 2. The van der Waals surface area contributed by atoms with E-state index in [1.165, 1.54) is 4.90 Å². The maximum atomic E-state index is 12.5. The third kappa shape index (κ3) is 4.71. The van der Waals surface area contributed by atoms with Gasteiger partial charge in [0.05, 0.1) is 6.54 Å². The summed E-state index contributed by atoms with van der Waals surface area (Å²) in [5.41, 5.74) is 5.78. The minimum Gasteiger partial charge on any atom is -0.342 e. The Labute approximate surface area is 138 Å². The van der Waals surface area contributed by atoms with Crippen LogP contribution < -0.4 is 5.73 Å². The van der Waals surface area contributed by atoms with E-state index in [-0.39, 0.29) is 30.8 Å². The number of halogens is 1. The van der Waals surface area contributed by atoms with Crippen molar-refractivity contribution in [3.05, 3.63) is 35.9 Å². The predicted octanol–water partition coefficient (Wildman–Crippen LogP) is 1.61. The number of hydrogen-bond acceptors (Lipinski definition) is 3. The minimum atomic E-state index is -1.14. The highest BCUT2D eigenvalue weighted by Gasteiger charge is 2.33. The Morgan fingerprint density at radius 3 is 2.09 bits per heavy atom. The zero-order chi connectivity index (χ0) is 16.0. The molecule has 124 valence electrons. The fourth-order valence-corrected chi connectivity index (χ4v) is 2.26. The molecule has 6 heteroatoms. The molecular weight excluding hydrogens is 302 g/mol. The normalized spacial score (nSPS) is 12.8. The first-order chi connectivity index (χ1) is 9.84. The Bertz CT molecular complexity index is 487. The molecule has 1 unspecified atom stereocenters. The van der Waals surface area contributed by atoms with Crippen LogP contribution >= 0.6 is 12.4 Å². The van der Waals surface area contributed by atoms with Crippen LogP contribution in [0.5, 0.6) is 0 Å². The Morgan fingerprint density at radius 2 is 1.64 bits per heavy atom. The maximum Gasteiger partial charge on any atom is 0.247 e. The summed E-state index contributed by atoms with van der Waals surface area (Å²) in [4.78, 5) is 27.7. The summed E-state index contributed by atoms with van der Waals surface area (Å²) in [6.45, 7) is 6.82. The van der Waals surface area contributed by atoms with Crippen molar-refractivity contribution >= 4 is 24.2 Å². The average molecular weight is 328 g/mol.